The standard InChI is InChI=1S/C11H16N2O2/c1-13(2)7-8-5-4-6-9(12)10(8)11(14)15-3/h4-6H,7,12H2,1-3H3. The molecule has 0 fully saturated rings. The highest BCUT2D eigenvalue weighted by atomic mass is 16.5. The molecule has 0 spiro atoms. The Bertz CT molecular complexity index is 362. The quantitative estimate of drug-likeness (QED) is 0.597. The second kappa shape index (κ2) is 4.79. The van der Waals surface area contributed by atoms with E-state index in [4.69, 9.17) is 10.5 Å². The Hall–Kier alpha value is -1.55. The van der Waals surface area contributed by atoms with Crippen molar-refractivity contribution in [2.75, 3.05) is 26.9 Å². The van der Waals surface area contributed by atoms with Crippen LogP contribution in [0.3, 0.4) is 0 Å². The van der Waals surface area contributed by atoms with Crippen LogP contribution in [-0.2, 0) is 11.3 Å². The zero-order valence-electron chi connectivity index (χ0n) is 9.28. The third kappa shape index (κ3) is 2.70. The summed E-state index contributed by atoms with van der Waals surface area (Å²) in [6.45, 7) is 0.662. The summed E-state index contributed by atoms with van der Waals surface area (Å²) in [4.78, 5) is 13.5. The van der Waals surface area contributed by atoms with Crippen molar-refractivity contribution in [2.24, 2.45) is 0 Å². The molecule has 4 heteroatoms. The first-order valence-corrected chi connectivity index (χ1v) is 4.66. The maximum Gasteiger partial charge on any atom is 0.340 e. The molecule has 0 unspecified atom stereocenters. The SMILES string of the molecule is COC(=O)c1c(N)cccc1CN(C)C. The van der Waals surface area contributed by atoms with Crippen LogP contribution in [0.5, 0.6) is 0 Å². The minimum atomic E-state index is -0.384. The highest BCUT2D eigenvalue weighted by Gasteiger charge is 2.15. The van der Waals surface area contributed by atoms with Crippen LogP contribution < -0.4 is 5.73 Å². The molecule has 1 aromatic rings. The number of esters is 1. The van der Waals surface area contributed by atoms with Gasteiger partial charge in [-0.15, -0.1) is 0 Å². The summed E-state index contributed by atoms with van der Waals surface area (Å²) in [7, 11) is 5.22. The second-order valence-corrected chi connectivity index (χ2v) is 3.61. The monoisotopic (exact) mass is 208 g/mol. The number of carbonyl (C=O) groups is 1. The lowest BCUT2D eigenvalue weighted by atomic mass is 10.1. The Balaban J connectivity index is 3.14. The van der Waals surface area contributed by atoms with Crippen molar-refractivity contribution >= 4 is 11.7 Å². The van der Waals surface area contributed by atoms with Gasteiger partial charge < -0.3 is 15.4 Å². The first-order chi connectivity index (χ1) is 7.06. The maximum absolute atomic E-state index is 11.5. The van der Waals surface area contributed by atoms with Gasteiger partial charge in [0.05, 0.1) is 12.7 Å². The van der Waals surface area contributed by atoms with Gasteiger partial charge in [0.25, 0.3) is 0 Å². The fourth-order valence-electron chi connectivity index (χ4n) is 1.44. The van der Waals surface area contributed by atoms with Crippen LogP contribution in [-0.4, -0.2) is 32.1 Å². The number of nitrogens with two attached hydrogens (primary N) is 1. The van der Waals surface area contributed by atoms with Gasteiger partial charge in [-0.05, 0) is 25.7 Å². The van der Waals surface area contributed by atoms with Gasteiger partial charge in [-0.25, -0.2) is 4.79 Å². The molecule has 0 aromatic heterocycles. The van der Waals surface area contributed by atoms with Gasteiger partial charge >= 0.3 is 5.97 Å². The highest BCUT2D eigenvalue weighted by molar-refractivity contribution is 5.96. The smallest absolute Gasteiger partial charge is 0.340 e. The van der Waals surface area contributed by atoms with Crippen LogP contribution in [0.2, 0.25) is 0 Å². The zero-order valence-corrected chi connectivity index (χ0v) is 9.28. The van der Waals surface area contributed by atoms with Gasteiger partial charge in [0.1, 0.15) is 0 Å². The summed E-state index contributed by atoms with van der Waals surface area (Å²) in [5.74, 6) is -0.384. The average Bonchev–Trinajstić information content (AvgIpc) is 2.16. The normalized spacial score (nSPS) is 10.4. The Morgan fingerprint density at radius 2 is 2.13 bits per heavy atom. The van der Waals surface area contributed by atoms with Gasteiger partial charge in [-0.3, -0.25) is 0 Å². The Labute approximate surface area is 89.6 Å². The van der Waals surface area contributed by atoms with Crippen molar-refractivity contribution in [1.82, 2.24) is 4.90 Å². The van der Waals surface area contributed by atoms with E-state index in [2.05, 4.69) is 0 Å². The van der Waals surface area contributed by atoms with E-state index in [1.165, 1.54) is 7.11 Å². The summed E-state index contributed by atoms with van der Waals surface area (Å²) in [6, 6.07) is 5.41. The minimum absolute atomic E-state index is 0.384. The van der Waals surface area contributed by atoms with Gasteiger partial charge in [0.2, 0.25) is 0 Å². The van der Waals surface area contributed by atoms with Gasteiger partial charge in [0.15, 0.2) is 0 Å². The summed E-state index contributed by atoms with van der Waals surface area (Å²) < 4.78 is 4.70. The van der Waals surface area contributed by atoms with Gasteiger partial charge in [-0.1, -0.05) is 12.1 Å². The fraction of sp³-hybridized carbons (Fsp3) is 0.364. The van der Waals surface area contributed by atoms with E-state index >= 15 is 0 Å². The summed E-state index contributed by atoms with van der Waals surface area (Å²) >= 11 is 0. The molecule has 0 radical (unpaired) electrons. The first-order valence-electron chi connectivity index (χ1n) is 4.66. The molecule has 15 heavy (non-hydrogen) atoms. The lowest BCUT2D eigenvalue weighted by molar-refractivity contribution is 0.0600. The predicted molar refractivity (Wildman–Crippen MR) is 59.6 cm³/mol. The number of nitrogen functional groups attached to an aromatic ring is 1. The molecule has 0 bridgehead atoms. The molecule has 0 aliphatic rings. The van der Waals surface area contributed by atoms with Crippen LogP contribution in [0, 0.1) is 0 Å². The van der Waals surface area contributed by atoms with Gasteiger partial charge in [0, 0.05) is 12.2 Å². The van der Waals surface area contributed by atoms with E-state index in [1.807, 2.05) is 31.1 Å². The third-order valence-electron chi connectivity index (χ3n) is 2.06. The van der Waals surface area contributed by atoms with E-state index in [0.717, 1.165) is 5.56 Å². The van der Waals surface area contributed by atoms with Crippen molar-refractivity contribution < 1.29 is 9.53 Å². The van der Waals surface area contributed by atoms with E-state index < -0.39 is 0 Å². The van der Waals surface area contributed by atoms with Crippen LogP contribution in [0.15, 0.2) is 18.2 Å². The summed E-state index contributed by atoms with van der Waals surface area (Å²) in [5.41, 5.74) is 7.56. The van der Waals surface area contributed by atoms with Crippen molar-refractivity contribution in [3.05, 3.63) is 29.3 Å². The number of methoxy groups -OCH3 is 1. The minimum Gasteiger partial charge on any atom is -0.465 e. The molecular formula is C11H16N2O2. The number of carbonyl (C=O) groups excluding carboxylic acids is 1. The molecule has 0 atom stereocenters. The third-order valence-corrected chi connectivity index (χ3v) is 2.06. The van der Waals surface area contributed by atoms with E-state index in [0.29, 0.717) is 17.8 Å². The summed E-state index contributed by atoms with van der Waals surface area (Å²) in [6.07, 6.45) is 0. The van der Waals surface area contributed by atoms with Crippen molar-refractivity contribution in [3.63, 3.8) is 0 Å². The Kier molecular flexibility index (Phi) is 3.68. The first kappa shape index (κ1) is 11.5. The Morgan fingerprint density at radius 3 is 2.67 bits per heavy atom. The number of benzene rings is 1. The lowest BCUT2D eigenvalue weighted by Gasteiger charge is -2.14. The van der Waals surface area contributed by atoms with E-state index in [-0.39, 0.29) is 5.97 Å². The molecule has 82 valence electrons. The number of hydrogen-bond donors (Lipinski definition) is 1. The second-order valence-electron chi connectivity index (χ2n) is 3.61. The lowest BCUT2D eigenvalue weighted by Crippen LogP contribution is -2.16. The van der Waals surface area contributed by atoms with Crippen molar-refractivity contribution in [2.45, 2.75) is 6.54 Å². The molecule has 0 saturated heterocycles. The Morgan fingerprint density at radius 1 is 1.47 bits per heavy atom. The number of ether oxygens (including phenoxy) is 1. The molecule has 1 aromatic carbocycles. The van der Waals surface area contributed by atoms with Gasteiger partial charge in [-0.2, -0.15) is 0 Å². The number of anilines is 1. The molecule has 0 saturated carbocycles. The van der Waals surface area contributed by atoms with E-state index in [9.17, 15) is 4.79 Å². The zero-order chi connectivity index (χ0) is 11.4. The number of nitrogens with zero attached hydrogens (tertiary/aromatic N) is 1. The van der Waals surface area contributed by atoms with Crippen LogP contribution in [0.25, 0.3) is 0 Å². The predicted octanol–water partition coefficient (Wildman–Crippen LogP) is 1.12. The molecule has 4 nitrogen and oxygen atoms in total. The molecule has 0 amide bonds. The maximum atomic E-state index is 11.5. The fourth-order valence-corrected chi connectivity index (χ4v) is 1.44. The van der Waals surface area contributed by atoms with Crippen LogP contribution in [0.4, 0.5) is 5.69 Å². The largest absolute Gasteiger partial charge is 0.465 e. The molecule has 0 aliphatic carbocycles. The molecule has 2 N–H and O–H groups in total. The molecule has 1 rings (SSSR count). The topological polar surface area (TPSA) is 55.6 Å². The average molecular weight is 208 g/mol. The molecule has 0 aliphatic heterocycles. The molecular weight excluding hydrogens is 192 g/mol. The highest BCUT2D eigenvalue weighted by Crippen LogP contribution is 2.19. The summed E-state index contributed by atoms with van der Waals surface area (Å²) in [5, 5.41) is 0. The number of hydrogen-bond acceptors (Lipinski definition) is 4. The van der Waals surface area contributed by atoms with Crippen LogP contribution >= 0.6 is 0 Å². The van der Waals surface area contributed by atoms with Crippen molar-refractivity contribution in [3.8, 4) is 0 Å². The molecule has 0 heterocycles. The van der Waals surface area contributed by atoms with Crippen molar-refractivity contribution in [1.29, 1.82) is 0 Å². The van der Waals surface area contributed by atoms with Crippen LogP contribution in [0.1, 0.15) is 15.9 Å². The van der Waals surface area contributed by atoms with E-state index in [1.54, 1.807) is 6.07 Å². The number of rotatable bonds is 3.